The molecule has 1 aromatic rings. The van der Waals surface area contributed by atoms with Crippen LogP contribution in [0, 0.1) is 0 Å². The fourth-order valence-electron chi connectivity index (χ4n) is 1.87. The van der Waals surface area contributed by atoms with E-state index in [1.807, 2.05) is 6.92 Å². The number of nitrogens with zero attached hydrogens (tertiary/aromatic N) is 1. The second-order valence-electron chi connectivity index (χ2n) is 4.32. The second kappa shape index (κ2) is 4.20. The molecular weight excluding hydrogens is 218 g/mol. The van der Waals surface area contributed by atoms with Crippen LogP contribution in [-0.2, 0) is 4.79 Å². The van der Waals surface area contributed by atoms with Crippen LogP contribution in [0.3, 0.4) is 0 Å². The molecule has 2 rings (SSSR count). The summed E-state index contributed by atoms with van der Waals surface area (Å²) in [6.07, 6.45) is 0.204. The van der Waals surface area contributed by atoms with E-state index < -0.39 is 0 Å². The summed E-state index contributed by atoms with van der Waals surface area (Å²) in [7, 11) is 1.70. The van der Waals surface area contributed by atoms with Crippen LogP contribution in [0.1, 0.15) is 30.6 Å². The molecule has 17 heavy (non-hydrogen) atoms. The predicted octanol–water partition coefficient (Wildman–Crippen LogP) is 2.02. The van der Waals surface area contributed by atoms with Crippen LogP contribution in [0.2, 0.25) is 0 Å². The van der Waals surface area contributed by atoms with Gasteiger partial charge in [0, 0.05) is 12.6 Å². The van der Waals surface area contributed by atoms with Crippen molar-refractivity contribution in [1.29, 1.82) is 0 Å². The van der Waals surface area contributed by atoms with Crippen LogP contribution in [0.5, 0.6) is 5.75 Å². The summed E-state index contributed by atoms with van der Waals surface area (Å²) >= 11 is 0. The van der Waals surface area contributed by atoms with Gasteiger partial charge in [-0.2, -0.15) is 0 Å². The van der Waals surface area contributed by atoms with E-state index >= 15 is 0 Å². The highest BCUT2D eigenvalue weighted by Gasteiger charge is 2.24. The molecule has 4 nitrogen and oxygen atoms in total. The van der Waals surface area contributed by atoms with E-state index in [0.29, 0.717) is 23.4 Å². The summed E-state index contributed by atoms with van der Waals surface area (Å²) in [5.74, 6) is 0.624. The van der Waals surface area contributed by atoms with Crippen molar-refractivity contribution in [2.45, 2.75) is 26.4 Å². The zero-order chi connectivity index (χ0) is 12.6. The number of fused-ring (bicyclic) bond motifs is 1. The molecule has 1 aromatic carbocycles. The third-order valence-electron chi connectivity index (χ3n) is 2.89. The molecule has 90 valence electrons. The third-order valence-corrected chi connectivity index (χ3v) is 2.89. The maximum atomic E-state index is 11.8. The number of carbonyl (C=O) groups excluding carboxylic acids is 2. The summed E-state index contributed by atoms with van der Waals surface area (Å²) in [6, 6.07) is 5.17. The highest BCUT2D eigenvalue weighted by atomic mass is 16.5. The summed E-state index contributed by atoms with van der Waals surface area (Å²) in [5.41, 5.74) is 1.24. The molecule has 0 aliphatic carbocycles. The Morgan fingerprint density at radius 1 is 1.47 bits per heavy atom. The van der Waals surface area contributed by atoms with Gasteiger partial charge in [0.25, 0.3) is 0 Å². The van der Waals surface area contributed by atoms with Gasteiger partial charge in [0.15, 0.2) is 5.78 Å². The number of hydrogen-bond acceptors (Lipinski definition) is 3. The van der Waals surface area contributed by atoms with Crippen molar-refractivity contribution in [1.82, 2.24) is 0 Å². The van der Waals surface area contributed by atoms with Crippen molar-refractivity contribution in [3.8, 4) is 5.75 Å². The molecule has 1 aliphatic rings. The average molecular weight is 233 g/mol. The smallest absolute Gasteiger partial charge is 0.230 e. The Balaban J connectivity index is 2.51. The number of ketones is 1. The minimum absolute atomic E-state index is 0.00282. The SMILES string of the molecule is CC(=O)c1ccc2c(c1)N(C)C(=O)CC(C)O2. The lowest BCUT2D eigenvalue weighted by Crippen LogP contribution is -2.27. The van der Waals surface area contributed by atoms with Crippen molar-refractivity contribution in [3.63, 3.8) is 0 Å². The van der Waals surface area contributed by atoms with Crippen LogP contribution < -0.4 is 9.64 Å². The quantitative estimate of drug-likeness (QED) is 0.697. The topological polar surface area (TPSA) is 46.6 Å². The highest BCUT2D eigenvalue weighted by Crippen LogP contribution is 2.33. The summed E-state index contributed by atoms with van der Waals surface area (Å²) in [4.78, 5) is 24.7. The van der Waals surface area contributed by atoms with E-state index in [1.165, 1.54) is 6.92 Å². The zero-order valence-corrected chi connectivity index (χ0v) is 10.2. The number of ether oxygens (including phenoxy) is 1. The maximum absolute atomic E-state index is 11.8. The second-order valence-corrected chi connectivity index (χ2v) is 4.32. The molecule has 0 saturated carbocycles. The van der Waals surface area contributed by atoms with Crippen LogP contribution in [0.25, 0.3) is 0 Å². The molecule has 0 aromatic heterocycles. The van der Waals surface area contributed by atoms with Gasteiger partial charge in [-0.05, 0) is 32.0 Å². The first-order valence-electron chi connectivity index (χ1n) is 5.57. The molecule has 1 atom stereocenters. The Bertz CT molecular complexity index is 482. The molecule has 1 aliphatic heterocycles. The monoisotopic (exact) mass is 233 g/mol. The van der Waals surface area contributed by atoms with Crippen LogP contribution in [0.4, 0.5) is 5.69 Å². The minimum atomic E-state index is -0.144. The molecule has 0 saturated heterocycles. The minimum Gasteiger partial charge on any atom is -0.488 e. The van der Waals surface area contributed by atoms with Crippen molar-refractivity contribution in [2.75, 3.05) is 11.9 Å². The molecule has 1 heterocycles. The molecule has 0 spiro atoms. The van der Waals surface area contributed by atoms with E-state index in [-0.39, 0.29) is 17.8 Å². The fourth-order valence-corrected chi connectivity index (χ4v) is 1.87. The van der Waals surface area contributed by atoms with E-state index in [9.17, 15) is 9.59 Å². The Kier molecular flexibility index (Phi) is 2.88. The van der Waals surface area contributed by atoms with Crippen molar-refractivity contribution < 1.29 is 14.3 Å². The largest absolute Gasteiger partial charge is 0.488 e. The van der Waals surface area contributed by atoms with Crippen LogP contribution in [-0.4, -0.2) is 24.8 Å². The predicted molar refractivity (Wildman–Crippen MR) is 64.6 cm³/mol. The standard InChI is InChI=1S/C13H15NO3/c1-8-6-13(16)14(3)11-7-10(9(2)15)4-5-12(11)17-8/h4-5,7-8H,6H2,1-3H3. The molecule has 1 amide bonds. The zero-order valence-electron chi connectivity index (χ0n) is 10.2. The molecule has 0 fully saturated rings. The number of rotatable bonds is 1. The molecule has 1 unspecified atom stereocenters. The molecular formula is C13H15NO3. The Labute approximate surface area is 100 Å². The van der Waals surface area contributed by atoms with E-state index in [4.69, 9.17) is 4.74 Å². The van der Waals surface area contributed by atoms with Gasteiger partial charge in [-0.3, -0.25) is 9.59 Å². The molecule has 0 radical (unpaired) electrons. The summed E-state index contributed by atoms with van der Waals surface area (Å²) < 4.78 is 5.66. The highest BCUT2D eigenvalue weighted by molar-refractivity contribution is 5.99. The lowest BCUT2D eigenvalue weighted by atomic mass is 10.1. The van der Waals surface area contributed by atoms with E-state index in [0.717, 1.165) is 0 Å². The maximum Gasteiger partial charge on any atom is 0.230 e. The van der Waals surface area contributed by atoms with Crippen molar-refractivity contribution in [2.24, 2.45) is 0 Å². The van der Waals surface area contributed by atoms with Crippen LogP contribution >= 0.6 is 0 Å². The number of amides is 1. The first-order valence-corrected chi connectivity index (χ1v) is 5.57. The average Bonchev–Trinajstić information content (AvgIpc) is 2.37. The van der Waals surface area contributed by atoms with Gasteiger partial charge in [-0.15, -0.1) is 0 Å². The number of benzene rings is 1. The first-order chi connectivity index (χ1) is 7.99. The Morgan fingerprint density at radius 3 is 2.82 bits per heavy atom. The fraction of sp³-hybridized carbons (Fsp3) is 0.385. The lowest BCUT2D eigenvalue weighted by Gasteiger charge is -2.16. The third kappa shape index (κ3) is 2.16. The van der Waals surface area contributed by atoms with Gasteiger partial charge >= 0.3 is 0 Å². The number of Topliss-reactive ketones (excluding diaryl/α,β-unsaturated/α-hetero) is 1. The van der Waals surface area contributed by atoms with Gasteiger partial charge < -0.3 is 9.64 Å². The van der Waals surface area contributed by atoms with Gasteiger partial charge in [0.05, 0.1) is 12.1 Å². The van der Waals surface area contributed by atoms with Crippen molar-refractivity contribution in [3.05, 3.63) is 23.8 Å². The van der Waals surface area contributed by atoms with Crippen molar-refractivity contribution >= 4 is 17.4 Å². The summed E-state index contributed by atoms with van der Waals surface area (Å²) in [5, 5.41) is 0. The first kappa shape index (κ1) is 11.6. The Hall–Kier alpha value is -1.84. The van der Waals surface area contributed by atoms with Gasteiger partial charge in [0.1, 0.15) is 11.9 Å². The number of anilines is 1. The number of carbonyl (C=O) groups is 2. The van der Waals surface area contributed by atoms with Gasteiger partial charge in [-0.1, -0.05) is 0 Å². The van der Waals surface area contributed by atoms with Gasteiger partial charge in [-0.25, -0.2) is 0 Å². The van der Waals surface area contributed by atoms with Crippen LogP contribution in [0.15, 0.2) is 18.2 Å². The molecule has 0 N–H and O–H groups in total. The van der Waals surface area contributed by atoms with E-state index in [1.54, 1.807) is 30.1 Å². The number of hydrogen-bond donors (Lipinski definition) is 0. The molecule has 4 heteroatoms. The normalized spacial score (nSPS) is 19.4. The Morgan fingerprint density at radius 2 is 2.18 bits per heavy atom. The summed E-state index contributed by atoms with van der Waals surface area (Å²) in [6.45, 7) is 3.36. The van der Waals surface area contributed by atoms with Gasteiger partial charge in [0.2, 0.25) is 5.91 Å². The van der Waals surface area contributed by atoms with E-state index in [2.05, 4.69) is 0 Å². The molecule has 0 bridgehead atoms. The lowest BCUT2D eigenvalue weighted by molar-refractivity contribution is -0.119.